The van der Waals surface area contributed by atoms with Gasteiger partial charge in [-0.25, -0.2) is 0 Å². The number of hydrogen-bond donors (Lipinski definition) is 1. The Kier molecular flexibility index (Phi) is 5.15. The Morgan fingerprint density at radius 3 is 2.73 bits per heavy atom. The van der Waals surface area contributed by atoms with Gasteiger partial charge >= 0.3 is 0 Å². The van der Waals surface area contributed by atoms with Crippen LogP contribution >= 0.6 is 27.7 Å². The van der Waals surface area contributed by atoms with E-state index >= 15 is 0 Å². The zero-order valence-electron chi connectivity index (χ0n) is 9.67. The van der Waals surface area contributed by atoms with Crippen LogP contribution in [0.15, 0.2) is 4.47 Å². The van der Waals surface area contributed by atoms with Crippen molar-refractivity contribution in [2.75, 3.05) is 12.0 Å². The predicted octanol–water partition coefficient (Wildman–Crippen LogP) is 2.33. The molecule has 15 heavy (non-hydrogen) atoms. The fourth-order valence-corrected chi connectivity index (χ4v) is 2.55. The molecule has 0 fully saturated rings. The lowest BCUT2D eigenvalue weighted by molar-refractivity contribution is 0.564. The lowest BCUT2D eigenvalue weighted by Crippen LogP contribution is -2.28. The minimum atomic E-state index is 0.530. The van der Waals surface area contributed by atoms with E-state index in [9.17, 15) is 0 Å². The van der Waals surface area contributed by atoms with Crippen molar-refractivity contribution in [2.45, 2.75) is 26.4 Å². The molecule has 0 bridgehead atoms. The van der Waals surface area contributed by atoms with E-state index in [1.54, 1.807) is 0 Å². The molecule has 5 heteroatoms. The number of aryl methyl sites for hydroxylation is 2. The molecule has 1 aromatic rings. The Morgan fingerprint density at radius 1 is 1.60 bits per heavy atom. The second kappa shape index (κ2) is 5.92. The lowest BCUT2D eigenvalue weighted by Gasteiger charge is -2.12. The molecule has 0 aromatic carbocycles. The molecule has 0 aliphatic rings. The largest absolute Gasteiger partial charge is 0.308 e. The fraction of sp³-hybridized carbons (Fsp3) is 0.700. The zero-order valence-corrected chi connectivity index (χ0v) is 12.1. The van der Waals surface area contributed by atoms with Crippen LogP contribution in [-0.2, 0) is 13.6 Å². The van der Waals surface area contributed by atoms with E-state index in [0.29, 0.717) is 6.04 Å². The van der Waals surface area contributed by atoms with E-state index in [1.807, 2.05) is 30.4 Å². The van der Waals surface area contributed by atoms with Crippen LogP contribution in [0, 0.1) is 6.92 Å². The van der Waals surface area contributed by atoms with Crippen molar-refractivity contribution in [1.82, 2.24) is 15.1 Å². The van der Waals surface area contributed by atoms with Crippen molar-refractivity contribution in [3.8, 4) is 0 Å². The van der Waals surface area contributed by atoms with Crippen LogP contribution in [0.1, 0.15) is 18.3 Å². The van der Waals surface area contributed by atoms with E-state index in [-0.39, 0.29) is 0 Å². The van der Waals surface area contributed by atoms with E-state index in [2.05, 4.69) is 39.5 Å². The van der Waals surface area contributed by atoms with Gasteiger partial charge in [0.1, 0.15) is 0 Å². The second-order valence-corrected chi connectivity index (χ2v) is 5.41. The fourth-order valence-electron chi connectivity index (χ4n) is 1.45. The van der Waals surface area contributed by atoms with Crippen LogP contribution in [0.3, 0.4) is 0 Å². The van der Waals surface area contributed by atoms with Crippen molar-refractivity contribution < 1.29 is 0 Å². The van der Waals surface area contributed by atoms with Crippen molar-refractivity contribution in [1.29, 1.82) is 0 Å². The molecule has 0 aliphatic heterocycles. The van der Waals surface area contributed by atoms with Gasteiger partial charge < -0.3 is 5.32 Å². The molecular formula is C10H18BrN3S. The van der Waals surface area contributed by atoms with E-state index in [4.69, 9.17) is 0 Å². The van der Waals surface area contributed by atoms with Crippen molar-refractivity contribution in [3.63, 3.8) is 0 Å². The van der Waals surface area contributed by atoms with Crippen LogP contribution < -0.4 is 5.32 Å². The SMILES string of the molecule is CSCC(C)NCc1c(Br)c(C)nn1C. The van der Waals surface area contributed by atoms with E-state index in [1.165, 1.54) is 5.69 Å². The number of nitrogens with one attached hydrogen (secondary N) is 1. The van der Waals surface area contributed by atoms with Gasteiger partial charge in [0, 0.05) is 25.4 Å². The lowest BCUT2D eigenvalue weighted by atomic mass is 10.3. The summed E-state index contributed by atoms with van der Waals surface area (Å²) in [6.45, 7) is 5.08. The summed E-state index contributed by atoms with van der Waals surface area (Å²) in [6.07, 6.45) is 2.13. The number of thioether (sulfide) groups is 1. The molecule has 1 rings (SSSR count). The van der Waals surface area contributed by atoms with Gasteiger partial charge in [0.05, 0.1) is 15.9 Å². The van der Waals surface area contributed by atoms with Gasteiger partial charge in [0.15, 0.2) is 0 Å². The van der Waals surface area contributed by atoms with Crippen LogP contribution in [0.5, 0.6) is 0 Å². The minimum absolute atomic E-state index is 0.530. The number of rotatable bonds is 5. The van der Waals surface area contributed by atoms with Crippen LogP contribution in [0.4, 0.5) is 0 Å². The summed E-state index contributed by atoms with van der Waals surface area (Å²) in [5.41, 5.74) is 2.26. The van der Waals surface area contributed by atoms with Crippen LogP contribution in [0.25, 0.3) is 0 Å². The molecule has 1 atom stereocenters. The molecule has 3 nitrogen and oxygen atoms in total. The Balaban J connectivity index is 2.57. The molecule has 1 heterocycles. The molecule has 0 amide bonds. The van der Waals surface area contributed by atoms with Gasteiger partial charge in [-0.15, -0.1) is 0 Å². The average molecular weight is 292 g/mol. The topological polar surface area (TPSA) is 29.9 Å². The van der Waals surface area contributed by atoms with Gasteiger partial charge in [-0.3, -0.25) is 4.68 Å². The summed E-state index contributed by atoms with van der Waals surface area (Å²) in [4.78, 5) is 0. The Bertz CT molecular complexity index is 325. The number of aromatic nitrogens is 2. The quantitative estimate of drug-likeness (QED) is 0.903. The summed E-state index contributed by atoms with van der Waals surface area (Å²) in [6, 6.07) is 0.530. The number of nitrogens with zero attached hydrogens (tertiary/aromatic N) is 2. The van der Waals surface area contributed by atoms with E-state index < -0.39 is 0 Å². The summed E-state index contributed by atoms with van der Waals surface area (Å²) in [7, 11) is 1.98. The second-order valence-electron chi connectivity index (χ2n) is 3.71. The maximum Gasteiger partial charge on any atom is 0.0739 e. The standard InChI is InChI=1S/C10H18BrN3S/c1-7(6-15-4)12-5-9-10(11)8(2)13-14(9)3/h7,12H,5-6H2,1-4H3. The van der Waals surface area contributed by atoms with Gasteiger partial charge in [-0.1, -0.05) is 0 Å². The van der Waals surface area contributed by atoms with Crippen molar-refractivity contribution >= 4 is 27.7 Å². The Morgan fingerprint density at radius 2 is 2.27 bits per heavy atom. The predicted molar refractivity (Wildman–Crippen MR) is 70.3 cm³/mol. The highest BCUT2D eigenvalue weighted by Crippen LogP contribution is 2.19. The van der Waals surface area contributed by atoms with Crippen molar-refractivity contribution in [3.05, 3.63) is 15.9 Å². The summed E-state index contributed by atoms with van der Waals surface area (Å²) >= 11 is 5.42. The van der Waals surface area contributed by atoms with Crippen LogP contribution in [0.2, 0.25) is 0 Å². The first-order valence-electron chi connectivity index (χ1n) is 4.96. The van der Waals surface area contributed by atoms with E-state index in [0.717, 1.165) is 22.5 Å². The monoisotopic (exact) mass is 291 g/mol. The summed E-state index contributed by atoms with van der Waals surface area (Å²) < 4.78 is 3.05. The van der Waals surface area contributed by atoms with Gasteiger partial charge in [0.2, 0.25) is 0 Å². The summed E-state index contributed by atoms with van der Waals surface area (Å²) in [5, 5.41) is 7.84. The third-order valence-corrected chi connectivity index (χ3v) is 4.16. The van der Waals surface area contributed by atoms with Gasteiger partial charge in [0.25, 0.3) is 0 Å². The molecule has 0 spiro atoms. The highest BCUT2D eigenvalue weighted by atomic mass is 79.9. The maximum atomic E-state index is 4.36. The highest BCUT2D eigenvalue weighted by Gasteiger charge is 2.10. The third-order valence-electron chi connectivity index (χ3n) is 2.30. The molecule has 86 valence electrons. The average Bonchev–Trinajstić information content (AvgIpc) is 2.40. The van der Waals surface area contributed by atoms with Gasteiger partial charge in [-0.05, 0) is 36.0 Å². The molecule has 0 saturated carbocycles. The minimum Gasteiger partial charge on any atom is -0.308 e. The molecule has 0 aliphatic carbocycles. The molecule has 1 N–H and O–H groups in total. The first-order valence-corrected chi connectivity index (χ1v) is 7.15. The normalized spacial score (nSPS) is 13.1. The molecular weight excluding hydrogens is 274 g/mol. The first-order chi connectivity index (χ1) is 7.06. The summed E-state index contributed by atoms with van der Waals surface area (Å²) in [5.74, 6) is 1.13. The molecule has 0 radical (unpaired) electrons. The highest BCUT2D eigenvalue weighted by molar-refractivity contribution is 9.10. The third kappa shape index (κ3) is 3.50. The van der Waals surface area contributed by atoms with Crippen molar-refractivity contribution in [2.24, 2.45) is 7.05 Å². The Labute approximate surface area is 104 Å². The Hall–Kier alpha value is 0. The first kappa shape index (κ1) is 13.1. The number of halogens is 1. The zero-order chi connectivity index (χ0) is 11.4. The smallest absolute Gasteiger partial charge is 0.0739 e. The number of hydrogen-bond acceptors (Lipinski definition) is 3. The van der Waals surface area contributed by atoms with Gasteiger partial charge in [-0.2, -0.15) is 16.9 Å². The molecule has 1 aromatic heterocycles. The van der Waals surface area contributed by atoms with Crippen LogP contribution in [-0.4, -0.2) is 27.8 Å². The molecule has 0 saturated heterocycles. The maximum absolute atomic E-state index is 4.36. The molecule has 1 unspecified atom stereocenters.